The number of carbonyl (C=O) groups is 1. The normalized spacial score (nSPS) is 12.9. The summed E-state index contributed by atoms with van der Waals surface area (Å²) in [7, 11) is 0. The van der Waals surface area contributed by atoms with E-state index < -0.39 is 0 Å². The zero-order valence-corrected chi connectivity index (χ0v) is 8.67. The van der Waals surface area contributed by atoms with Gasteiger partial charge in [-0.3, -0.25) is 10.2 Å². The molecule has 0 aromatic carbocycles. The van der Waals surface area contributed by atoms with Gasteiger partial charge in [0.25, 0.3) is 6.47 Å². The number of ether oxygens (including phenoxy) is 1. The van der Waals surface area contributed by atoms with Crippen LogP contribution in [0.3, 0.4) is 0 Å². The highest BCUT2D eigenvalue weighted by molar-refractivity contribution is 5.37. The van der Waals surface area contributed by atoms with Crippen molar-refractivity contribution in [1.29, 1.82) is 0 Å². The summed E-state index contributed by atoms with van der Waals surface area (Å²) in [4.78, 5) is 10.1. The first-order valence-electron chi connectivity index (χ1n) is 4.78. The van der Waals surface area contributed by atoms with E-state index in [-0.39, 0.29) is 6.23 Å². The third kappa shape index (κ3) is 7.74. The zero-order chi connectivity index (χ0) is 10.1. The molecule has 0 aliphatic heterocycles. The predicted octanol–water partition coefficient (Wildman–Crippen LogP) is 1.04. The van der Waals surface area contributed by atoms with E-state index in [2.05, 4.69) is 24.7 Å². The Kier molecular flexibility index (Phi) is 7.63. The number of rotatable bonds is 8. The van der Waals surface area contributed by atoms with Crippen LogP contribution >= 0.6 is 0 Å². The third-order valence-electron chi connectivity index (χ3n) is 1.54. The van der Waals surface area contributed by atoms with Crippen molar-refractivity contribution in [2.75, 3.05) is 6.54 Å². The summed E-state index contributed by atoms with van der Waals surface area (Å²) in [5, 5.41) is 0. The number of hydrogen-bond acceptors (Lipinski definition) is 4. The minimum absolute atomic E-state index is 0.207. The van der Waals surface area contributed by atoms with Crippen molar-refractivity contribution in [1.82, 2.24) is 10.9 Å². The average molecular weight is 188 g/mol. The van der Waals surface area contributed by atoms with Gasteiger partial charge in [-0.2, -0.15) is 0 Å². The Labute approximate surface area is 80.0 Å². The molecule has 0 bridgehead atoms. The van der Waals surface area contributed by atoms with Crippen molar-refractivity contribution in [3.8, 4) is 0 Å². The zero-order valence-electron chi connectivity index (χ0n) is 8.67. The van der Waals surface area contributed by atoms with Crippen molar-refractivity contribution < 1.29 is 9.53 Å². The van der Waals surface area contributed by atoms with Gasteiger partial charge in [0.1, 0.15) is 0 Å². The van der Waals surface area contributed by atoms with E-state index in [1.54, 1.807) is 0 Å². The lowest BCUT2D eigenvalue weighted by Crippen LogP contribution is -2.43. The molecule has 2 N–H and O–H groups in total. The second-order valence-corrected chi connectivity index (χ2v) is 3.43. The minimum atomic E-state index is -0.207. The second-order valence-electron chi connectivity index (χ2n) is 3.43. The van der Waals surface area contributed by atoms with Gasteiger partial charge < -0.3 is 4.74 Å². The van der Waals surface area contributed by atoms with Gasteiger partial charge in [-0.15, -0.1) is 0 Å². The van der Waals surface area contributed by atoms with Crippen LogP contribution in [0, 0.1) is 5.92 Å². The monoisotopic (exact) mass is 188 g/mol. The van der Waals surface area contributed by atoms with Crippen LogP contribution in [0.1, 0.15) is 33.6 Å². The largest absolute Gasteiger partial charge is 0.448 e. The SMILES string of the molecule is CCCC(NNCC(C)C)OC=O. The first-order valence-corrected chi connectivity index (χ1v) is 4.78. The van der Waals surface area contributed by atoms with Crippen LogP contribution < -0.4 is 10.9 Å². The highest BCUT2D eigenvalue weighted by Gasteiger charge is 2.05. The molecular weight excluding hydrogens is 168 g/mol. The molecule has 0 saturated carbocycles. The summed E-state index contributed by atoms with van der Waals surface area (Å²) in [6.45, 7) is 7.62. The molecule has 0 saturated heterocycles. The Bertz CT molecular complexity index is 129. The molecule has 13 heavy (non-hydrogen) atoms. The predicted molar refractivity (Wildman–Crippen MR) is 51.8 cm³/mol. The van der Waals surface area contributed by atoms with E-state index in [0.29, 0.717) is 12.4 Å². The molecule has 0 spiro atoms. The Balaban J connectivity index is 3.49. The Hall–Kier alpha value is -0.610. The fourth-order valence-corrected chi connectivity index (χ4v) is 0.880. The van der Waals surface area contributed by atoms with Crippen molar-refractivity contribution in [2.45, 2.75) is 39.8 Å². The van der Waals surface area contributed by atoms with Crippen molar-refractivity contribution >= 4 is 6.47 Å². The van der Waals surface area contributed by atoms with Crippen LogP contribution in [-0.2, 0) is 9.53 Å². The molecule has 0 radical (unpaired) electrons. The van der Waals surface area contributed by atoms with Crippen LogP contribution in [0.15, 0.2) is 0 Å². The molecule has 0 amide bonds. The molecule has 4 nitrogen and oxygen atoms in total. The summed E-state index contributed by atoms with van der Waals surface area (Å²) in [5.74, 6) is 0.575. The molecular formula is C9H20N2O2. The average Bonchev–Trinajstić information content (AvgIpc) is 2.04. The molecule has 1 unspecified atom stereocenters. The molecule has 0 heterocycles. The standard InChI is InChI=1S/C9H20N2O2/c1-4-5-9(13-7-12)11-10-6-8(2)3/h7-11H,4-6H2,1-3H3. The first kappa shape index (κ1) is 12.4. The van der Waals surface area contributed by atoms with E-state index in [0.717, 1.165) is 19.4 Å². The lowest BCUT2D eigenvalue weighted by atomic mass is 10.2. The van der Waals surface area contributed by atoms with Crippen LogP contribution in [0.5, 0.6) is 0 Å². The van der Waals surface area contributed by atoms with Gasteiger partial charge in [0.15, 0.2) is 6.23 Å². The lowest BCUT2D eigenvalue weighted by Gasteiger charge is -2.17. The second kappa shape index (κ2) is 8.01. The van der Waals surface area contributed by atoms with E-state index in [9.17, 15) is 4.79 Å². The molecule has 0 aliphatic rings. The highest BCUT2D eigenvalue weighted by Crippen LogP contribution is 1.95. The molecule has 0 aromatic heterocycles. The quantitative estimate of drug-likeness (QED) is 0.339. The van der Waals surface area contributed by atoms with Crippen molar-refractivity contribution in [2.24, 2.45) is 5.92 Å². The molecule has 0 aliphatic carbocycles. The van der Waals surface area contributed by atoms with Gasteiger partial charge in [-0.05, 0) is 12.3 Å². The van der Waals surface area contributed by atoms with Gasteiger partial charge in [0, 0.05) is 6.54 Å². The summed E-state index contributed by atoms with van der Waals surface area (Å²) in [6, 6.07) is 0. The van der Waals surface area contributed by atoms with E-state index in [1.807, 2.05) is 6.92 Å². The van der Waals surface area contributed by atoms with Gasteiger partial charge >= 0.3 is 0 Å². The number of hydrazine groups is 1. The molecule has 0 fully saturated rings. The Morgan fingerprint density at radius 2 is 2.15 bits per heavy atom. The Morgan fingerprint density at radius 3 is 2.62 bits per heavy atom. The van der Waals surface area contributed by atoms with E-state index >= 15 is 0 Å². The van der Waals surface area contributed by atoms with E-state index in [1.165, 1.54) is 0 Å². The van der Waals surface area contributed by atoms with Gasteiger partial charge in [-0.25, -0.2) is 5.43 Å². The van der Waals surface area contributed by atoms with E-state index in [4.69, 9.17) is 4.74 Å². The smallest absolute Gasteiger partial charge is 0.294 e. The number of hydrogen-bond donors (Lipinski definition) is 2. The molecule has 4 heteroatoms. The molecule has 1 atom stereocenters. The van der Waals surface area contributed by atoms with Gasteiger partial charge in [0.2, 0.25) is 0 Å². The summed E-state index contributed by atoms with van der Waals surface area (Å²) in [6.07, 6.45) is 1.60. The third-order valence-corrected chi connectivity index (χ3v) is 1.54. The lowest BCUT2D eigenvalue weighted by molar-refractivity contribution is -0.136. The number of nitrogens with one attached hydrogen (secondary N) is 2. The van der Waals surface area contributed by atoms with Gasteiger partial charge in [-0.1, -0.05) is 27.2 Å². The van der Waals surface area contributed by atoms with Crippen LogP contribution in [0.4, 0.5) is 0 Å². The fourth-order valence-electron chi connectivity index (χ4n) is 0.880. The fraction of sp³-hybridized carbons (Fsp3) is 0.889. The molecule has 0 rings (SSSR count). The number of carbonyl (C=O) groups excluding carboxylic acids is 1. The maximum Gasteiger partial charge on any atom is 0.294 e. The first-order chi connectivity index (χ1) is 6.20. The van der Waals surface area contributed by atoms with Crippen LogP contribution in [0.2, 0.25) is 0 Å². The maximum atomic E-state index is 10.1. The summed E-state index contributed by atoms with van der Waals surface area (Å²) >= 11 is 0. The molecule has 0 aromatic rings. The topological polar surface area (TPSA) is 50.4 Å². The minimum Gasteiger partial charge on any atom is -0.448 e. The van der Waals surface area contributed by atoms with Crippen molar-refractivity contribution in [3.05, 3.63) is 0 Å². The molecule has 78 valence electrons. The van der Waals surface area contributed by atoms with Crippen LogP contribution in [-0.4, -0.2) is 19.2 Å². The summed E-state index contributed by atoms with van der Waals surface area (Å²) in [5.41, 5.74) is 5.97. The summed E-state index contributed by atoms with van der Waals surface area (Å²) < 4.78 is 4.81. The Morgan fingerprint density at radius 1 is 1.46 bits per heavy atom. The van der Waals surface area contributed by atoms with Crippen LogP contribution in [0.25, 0.3) is 0 Å². The highest BCUT2D eigenvalue weighted by atomic mass is 16.5. The maximum absolute atomic E-state index is 10.1. The van der Waals surface area contributed by atoms with Crippen molar-refractivity contribution in [3.63, 3.8) is 0 Å². The van der Waals surface area contributed by atoms with Gasteiger partial charge in [0.05, 0.1) is 0 Å².